The van der Waals surface area contributed by atoms with Crippen molar-refractivity contribution in [2.24, 2.45) is 10.2 Å². The molecule has 1 aliphatic heterocycles. The molecule has 1 atom stereocenters. The van der Waals surface area contributed by atoms with Gasteiger partial charge in [0.05, 0.1) is 5.54 Å². The van der Waals surface area contributed by atoms with E-state index in [9.17, 15) is 4.79 Å². The molecule has 3 nitrogen and oxygen atoms in total. The van der Waals surface area contributed by atoms with E-state index < -0.39 is 5.54 Å². The number of carbonyl (C=O) groups excluding carboxylic acids is 1. The molecule has 0 N–H and O–H groups in total. The Balaban J connectivity index is 2.78. The molecule has 0 saturated heterocycles. The van der Waals surface area contributed by atoms with Crippen molar-refractivity contribution in [2.45, 2.75) is 38.3 Å². The Bertz CT molecular complexity index is 186. The first-order chi connectivity index (χ1) is 4.47. The van der Waals surface area contributed by atoms with Crippen LogP contribution in [0.3, 0.4) is 0 Å². The predicted molar refractivity (Wildman–Crippen MR) is 38.0 cm³/mol. The van der Waals surface area contributed by atoms with E-state index in [1.807, 2.05) is 13.8 Å². The minimum atomic E-state index is -0.552. The Labute approximate surface area is 60.5 Å². The van der Waals surface area contributed by atoms with Gasteiger partial charge < -0.3 is 4.79 Å². The van der Waals surface area contributed by atoms with Gasteiger partial charge in [0.1, 0.15) is 11.8 Å². The van der Waals surface area contributed by atoms with E-state index in [0.717, 1.165) is 12.7 Å². The summed E-state index contributed by atoms with van der Waals surface area (Å²) >= 11 is 0. The van der Waals surface area contributed by atoms with Crippen LogP contribution in [-0.2, 0) is 4.79 Å². The van der Waals surface area contributed by atoms with Gasteiger partial charge in [0.25, 0.3) is 0 Å². The van der Waals surface area contributed by atoms with Crippen molar-refractivity contribution in [3.05, 3.63) is 0 Å². The molecule has 0 amide bonds. The SMILES string of the molecule is CC1(C)CC(C)(C=O)N=N1. The van der Waals surface area contributed by atoms with Crippen LogP contribution in [0, 0.1) is 0 Å². The zero-order valence-electron chi connectivity index (χ0n) is 6.59. The molecular formula is C7H12N2O. The minimum Gasteiger partial charge on any atom is -0.301 e. The molecule has 0 aromatic rings. The fourth-order valence-corrected chi connectivity index (χ4v) is 1.26. The third-order valence-corrected chi connectivity index (χ3v) is 1.59. The molecule has 0 radical (unpaired) electrons. The lowest BCUT2D eigenvalue weighted by Gasteiger charge is -2.15. The second-order valence-electron chi connectivity index (χ2n) is 3.66. The molecule has 0 spiro atoms. The van der Waals surface area contributed by atoms with Gasteiger partial charge in [0.2, 0.25) is 0 Å². The molecule has 1 rings (SSSR count). The van der Waals surface area contributed by atoms with E-state index in [1.54, 1.807) is 6.92 Å². The zero-order chi connectivity index (χ0) is 7.83. The molecule has 0 bridgehead atoms. The lowest BCUT2D eigenvalue weighted by Crippen LogP contribution is -2.27. The van der Waals surface area contributed by atoms with E-state index in [0.29, 0.717) is 0 Å². The molecule has 0 aliphatic carbocycles. The molecule has 0 aromatic carbocycles. The second kappa shape index (κ2) is 1.87. The summed E-state index contributed by atoms with van der Waals surface area (Å²) in [5, 5.41) is 7.88. The Hall–Kier alpha value is -0.730. The Morgan fingerprint density at radius 3 is 2.10 bits per heavy atom. The van der Waals surface area contributed by atoms with Crippen molar-refractivity contribution in [3.8, 4) is 0 Å². The molecule has 0 aromatic heterocycles. The fourth-order valence-electron chi connectivity index (χ4n) is 1.26. The molecule has 10 heavy (non-hydrogen) atoms. The largest absolute Gasteiger partial charge is 0.301 e. The van der Waals surface area contributed by atoms with Crippen molar-refractivity contribution < 1.29 is 4.79 Å². The summed E-state index contributed by atoms with van der Waals surface area (Å²) < 4.78 is 0. The average molecular weight is 140 g/mol. The highest BCUT2D eigenvalue weighted by atomic mass is 16.1. The van der Waals surface area contributed by atoms with E-state index in [-0.39, 0.29) is 5.54 Å². The van der Waals surface area contributed by atoms with Gasteiger partial charge in [-0.1, -0.05) is 0 Å². The van der Waals surface area contributed by atoms with Crippen LogP contribution in [0.25, 0.3) is 0 Å². The molecule has 1 heterocycles. The van der Waals surface area contributed by atoms with Gasteiger partial charge in [-0.05, 0) is 20.8 Å². The van der Waals surface area contributed by atoms with Gasteiger partial charge in [0, 0.05) is 6.42 Å². The Kier molecular flexibility index (Phi) is 1.38. The summed E-state index contributed by atoms with van der Waals surface area (Å²) in [7, 11) is 0. The number of carbonyl (C=O) groups is 1. The number of hydrogen-bond donors (Lipinski definition) is 0. The highest BCUT2D eigenvalue weighted by Gasteiger charge is 2.37. The summed E-state index contributed by atoms with van der Waals surface area (Å²) in [6.07, 6.45) is 1.59. The maximum atomic E-state index is 10.5. The van der Waals surface area contributed by atoms with Crippen LogP contribution in [0.2, 0.25) is 0 Å². The molecule has 1 aliphatic rings. The van der Waals surface area contributed by atoms with Crippen LogP contribution in [0.15, 0.2) is 10.2 Å². The first-order valence-corrected chi connectivity index (χ1v) is 3.38. The van der Waals surface area contributed by atoms with E-state index >= 15 is 0 Å². The van der Waals surface area contributed by atoms with Crippen LogP contribution in [0.1, 0.15) is 27.2 Å². The van der Waals surface area contributed by atoms with Crippen molar-refractivity contribution in [2.75, 3.05) is 0 Å². The average Bonchev–Trinajstić information content (AvgIpc) is 2.08. The van der Waals surface area contributed by atoms with Gasteiger partial charge in [-0.25, -0.2) is 0 Å². The third kappa shape index (κ3) is 1.23. The second-order valence-corrected chi connectivity index (χ2v) is 3.66. The summed E-state index contributed by atoms with van der Waals surface area (Å²) in [4.78, 5) is 10.5. The number of rotatable bonds is 1. The molecule has 0 fully saturated rings. The van der Waals surface area contributed by atoms with E-state index in [2.05, 4.69) is 10.2 Å². The topological polar surface area (TPSA) is 41.8 Å². The van der Waals surface area contributed by atoms with Gasteiger partial charge >= 0.3 is 0 Å². The third-order valence-electron chi connectivity index (χ3n) is 1.59. The van der Waals surface area contributed by atoms with Crippen molar-refractivity contribution in [1.29, 1.82) is 0 Å². The fraction of sp³-hybridized carbons (Fsp3) is 0.857. The molecule has 3 heteroatoms. The van der Waals surface area contributed by atoms with Crippen molar-refractivity contribution in [1.82, 2.24) is 0 Å². The smallest absolute Gasteiger partial charge is 0.149 e. The van der Waals surface area contributed by atoms with Gasteiger partial charge in [-0.2, -0.15) is 10.2 Å². The maximum Gasteiger partial charge on any atom is 0.149 e. The van der Waals surface area contributed by atoms with Crippen LogP contribution >= 0.6 is 0 Å². The highest BCUT2D eigenvalue weighted by molar-refractivity contribution is 5.64. The lowest BCUT2D eigenvalue weighted by molar-refractivity contribution is -0.111. The monoisotopic (exact) mass is 140 g/mol. The first kappa shape index (κ1) is 7.38. The molecule has 56 valence electrons. The zero-order valence-corrected chi connectivity index (χ0v) is 6.59. The van der Waals surface area contributed by atoms with Gasteiger partial charge in [0.15, 0.2) is 0 Å². The van der Waals surface area contributed by atoms with Crippen LogP contribution in [0.5, 0.6) is 0 Å². The lowest BCUT2D eigenvalue weighted by atomic mass is 9.90. The van der Waals surface area contributed by atoms with Crippen molar-refractivity contribution >= 4 is 6.29 Å². The first-order valence-electron chi connectivity index (χ1n) is 3.38. The number of nitrogens with zero attached hydrogens (tertiary/aromatic N) is 2. The van der Waals surface area contributed by atoms with E-state index in [4.69, 9.17) is 0 Å². The summed E-state index contributed by atoms with van der Waals surface area (Å²) in [5.41, 5.74) is -0.695. The maximum absolute atomic E-state index is 10.5. The van der Waals surface area contributed by atoms with Crippen LogP contribution in [-0.4, -0.2) is 17.4 Å². The Morgan fingerprint density at radius 1 is 1.30 bits per heavy atom. The number of aldehydes is 1. The molecular weight excluding hydrogens is 128 g/mol. The standard InChI is InChI=1S/C7H12N2O/c1-6(2)4-7(3,5-10)9-8-6/h5H,4H2,1-3H3. The highest BCUT2D eigenvalue weighted by Crippen LogP contribution is 2.32. The minimum absolute atomic E-state index is 0.143. The summed E-state index contributed by atoms with van der Waals surface area (Å²) in [6, 6.07) is 0. The van der Waals surface area contributed by atoms with Crippen molar-refractivity contribution in [3.63, 3.8) is 0 Å². The molecule has 0 saturated carbocycles. The van der Waals surface area contributed by atoms with Gasteiger partial charge in [-0.15, -0.1) is 0 Å². The Morgan fingerprint density at radius 2 is 1.90 bits per heavy atom. The quantitative estimate of drug-likeness (QED) is 0.510. The number of hydrogen-bond acceptors (Lipinski definition) is 3. The normalized spacial score (nSPS) is 36.3. The summed E-state index contributed by atoms with van der Waals surface area (Å²) in [5.74, 6) is 0. The summed E-state index contributed by atoms with van der Waals surface area (Å²) in [6.45, 7) is 5.76. The van der Waals surface area contributed by atoms with Gasteiger partial charge in [-0.3, -0.25) is 0 Å². The molecule has 1 unspecified atom stereocenters. The van der Waals surface area contributed by atoms with Crippen LogP contribution < -0.4 is 0 Å². The van der Waals surface area contributed by atoms with Crippen LogP contribution in [0.4, 0.5) is 0 Å². The number of azo groups is 1. The van der Waals surface area contributed by atoms with E-state index in [1.165, 1.54) is 0 Å². The predicted octanol–water partition coefficient (Wildman–Crippen LogP) is 1.58.